The van der Waals surface area contributed by atoms with Crippen LogP contribution >= 0.6 is 0 Å². The fourth-order valence-corrected chi connectivity index (χ4v) is 3.15. The molecule has 144 valence electrons. The maximum absolute atomic E-state index is 11.7. The van der Waals surface area contributed by atoms with Gasteiger partial charge in [0.15, 0.2) is 0 Å². The summed E-state index contributed by atoms with van der Waals surface area (Å²) in [5.41, 5.74) is 1.51. The molecule has 4 rings (SSSR count). The summed E-state index contributed by atoms with van der Waals surface area (Å²) in [7, 11) is 0. The molecule has 0 atom stereocenters. The molecule has 0 unspecified atom stereocenters. The van der Waals surface area contributed by atoms with Gasteiger partial charge in [0.2, 0.25) is 0 Å². The molecule has 0 fully saturated rings. The van der Waals surface area contributed by atoms with E-state index in [1.807, 2.05) is 18.2 Å². The topological polar surface area (TPSA) is 116 Å². The summed E-state index contributed by atoms with van der Waals surface area (Å²) in [6, 6.07) is 15.1. The summed E-state index contributed by atoms with van der Waals surface area (Å²) in [4.78, 5) is 26.3. The summed E-state index contributed by atoms with van der Waals surface area (Å²) >= 11 is 0. The number of nitro groups is 1. The largest absolute Gasteiger partial charge is 0.511 e. The molecule has 4 aromatic rings. The predicted molar refractivity (Wildman–Crippen MR) is 104 cm³/mol. The summed E-state index contributed by atoms with van der Waals surface area (Å²) in [5.74, 6) is 0.535. The highest BCUT2D eigenvalue weighted by molar-refractivity contribution is 5.79. The zero-order valence-corrected chi connectivity index (χ0v) is 14.9. The van der Waals surface area contributed by atoms with Crippen LogP contribution in [-0.2, 0) is 6.42 Å². The van der Waals surface area contributed by atoms with Gasteiger partial charge in [-0.15, -0.1) is 0 Å². The smallest absolute Gasteiger partial charge is 0.461 e. The van der Waals surface area contributed by atoms with Crippen molar-refractivity contribution in [3.8, 4) is 16.9 Å². The minimum atomic E-state index is -1.51. The van der Waals surface area contributed by atoms with E-state index < -0.39 is 11.1 Å². The van der Waals surface area contributed by atoms with Gasteiger partial charge in [-0.3, -0.25) is 15.1 Å². The van der Waals surface area contributed by atoms with Crippen LogP contribution < -0.4 is 4.74 Å². The first-order chi connectivity index (χ1) is 14.0. The molecule has 0 radical (unpaired) electrons. The Morgan fingerprint density at radius 1 is 1.17 bits per heavy atom. The molecular weight excluding hydrogens is 376 g/mol. The molecule has 1 N–H and O–H groups in total. The minimum Gasteiger partial charge on any atom is -0.461 e. The first-order valence-electron chi connectivity index (χ1n) is 8.61. The molecule has 2 aromatic carbocycles. The number of carboxylic acid groups (broad SMARTS) is 1. The SMILES string of the molecule is O=C(O)Oc1cc(-c2cccnc2)c([N+](=O)[O-])cc1Cc1cc2ccccc2o1. The van der Waals surface area contributed by atoms with E-state index in [2.05, 4.69) is 4.98 Å². The summed E-state index contributed by atoms with van der Waals surface area (Å²) in [6.07, 6.45) is 1.62. The van der Waals surface area contributed by atoms with E-state index in [1.54, 1.807) is 30.5 Å². The number of hydrogen-bond donors (Lipinski definition) is 1. The lowest BCUT2D eigenvalue weighted by molar-refractivity contribution is -0.384. The number of hydrogen-bond acceptors (Lipinski definition) is 6. The number of furan rings is 1. The number of ether oxygens (including phenoxy) is 1. The first kappa shape index (κ1) is 18.2. The van der Waals surface area contributed by atoms with Crippen molar-refractivity contribution in [1.29, 1.82) is 0 Å². The number of carbonyl (C=O) groups is 1. The Hall–Kier alpha value is -4.20. The summed E-state index contributed by atoms with van der Waals surface area (Å²) in [6.45, 7) is 0. The molecule has 8 nitrogen and oxygen atoms in total. The van der Waals surface area contributed by atoms with Gasteiger partial charge < -0.3 is 14.3 Å². The van der Waals surface area contributed by atoms with Crippen LogP contribution in [0, 0.1) is 10.1 Å². The molecule has 8 heteroatoms. The van der Waals surface area contributed by atoms with Crippen molar-refractivity contribution in [2.45, 2.75) is 6.42 Å². The monoisotopic (exact) mass is 390 g/mol. The third-order valence-corrected chi connectivity index (χ3v) is 4.39. The highest BCUT2D eigenvalue weighted by atomic mass is 16.7. The minimum absolute atomic E-state index is 0.00223. The maximum atomic E-state index is 11.7. The number of benzene rings is 2. The van der Waals surface area contributed by atoms with Crippen LogP contribution in [0.2, 0.25) is 0 Å². The molecule has 0 spiro atoms. The Balaban J connectivity index is 1.84. The van der Waals surface area contributed by atoms with Gasteiger partial charge in [-0.1, -0.05) is 24.3 Å². The van der Waals surface area contributed by atoms with E-state index in [-0.39, 0.29) is 23.4 Å². The molecule has 2 aromatic heterocycles. The Morgan fingerprint density at radius 3 is 2.69 bits per heavy atom. The number of para-hydroxylation sites is 1. The van der Waals surface area contributed by atoms with E-state index in [4.69, 9.17) is 14.3 Å². The lowest BCUT2D eigenvalue weighted by Gasteiger charge is -2.11. The van der Waals surface area contributed by atoms with Gasteiger partial charge in [0.25, 0.3) is 5.69 Å². The second kappa shape index (κ2) is 7.43. The number of aromatic nitrogens is 1. The quantitative estimate of drug-likeness (QED) is 0.219. The van der Waals surface area contributed by atoms with Crippen LogP contribution in [0.5, 0.6) is 5.75 Å². The Kier molecular flexibility index (Phi) is 4.66. The number of pyridine rings is 1. The van der Waals surface area contributed by atoms with Crippen LogP contribution in [-0.4, -0.2) is 21.2 Å². The molecule has 0 saturated heterocycles. The van der Waals surface area contributed by atoms with E-state index in [0.29, 0.717) is 22.5 Å². The molecule has 0 saturated carbocycles. The molecule has 0 amide bonds. The van der Waals surface area contributed by atoms with Crippen molar-refractivity contribution in [1.82, 2.24) is 4.98 Å². The van der Waals surface area contributed by atoms with E-state index >= 15 is 0 Å². The molecule has 0 bridgehead atoms. The van der Waals surface area contributed by atoms with Crippen molar-refractivity contribution in [3.63, 3.8) is 0 Å². The normalized spacial score (nSPS) is 10.8. The van der Waals surface area contributed by atoms with E-state index in [1.165, 1.54) is 18.3 Å². The van der Waals surface area contributed by atoms with Gasteiger partial charge in [0, 0.05) is 41.4 Å². The molecule has 2 heterocycles. The van der Waals surface area contributed by atoms with Crippen molar-refractivity contribution in [2.24, 2.45) is 0 Å². The van der Waals surface area contributed by atoms with E-state index in [0.717, 1.165) is 5.39 Å². The third-order valence-electron chi connectivity index (χ3n) is 4.39. The van der Waals surface area contributed by atoms with Gasteiger partial charge in [-0.25, -0.2) is 4.79 Å². The predicted octanol–water partition coefficient (Wildman–Crippen LogP) is 5.05. The molecule has 0 aliphatic rings. The zero-order valence-electron chi connectivity index (χ0n) is 14.9. The lowest BCUT2D eigenvalue weighted by Crippen LogP contribution is -2.07. The number of rotatable bonds is 5. The van der Waals surface area contributed by atoms with Gasteiger partial charge in [0.05, 0.1) is 10.5 Å². The lowest BCUT2D eigenvalue weighted by atomic mass is 10.00. The maximum Gasteiger partial charge on any atom is 0.511 e. The first-order valence-corrected chi connectivity index (χ1v) is 8.61. The number of nitro benzene ring substituents is 1. The van der Waals surface area contributed by atoms with E-state index in [9.17, 15) is 14.9 Å². The highest BCUT2D eigenvalue weighted by Gasteiger charge is 2.22. The average molecular weight is 390 g/mol. The summed E-state index contributed by atoms with van der Waals surface area (Å²) < 4.78 is 10.7. The molecular formula is C21H14N2O6. The second-order valence-electron chi connectivity index (χ2n) is 6.27. The average Bonchev–Trinajstić information content (AvgIpc) is 3.11. The molecule has 0 aliphatic heterocycles. The van der Waals surface area contributed by atoms with Crippen molar-refractivity contribution < 1.29 is 24.0 Å². The van der Waals surface area contributed by atoms with Crippen LogP contribution in [0.15, 0.2) is 71.4 Å². The Bertz CT molecular complexity index is 1180. The number of fused-ring (bicyclic) bond motifs is 1. The second-order valence-corrected chi connectivity index (χ2v) is 6.27. The fourth-order valence-electron chi connectivity index (χ4n) is 3.15. The van der Waals surface area contributed by atoms with Gasteiger partial charge in [-0.05, 0) is 24.3 Å². The van der Waals surface area contributed by atoms with Crippen molar-refractivity contribution in [2.75, 3.05) is 0 Å². The van der Waals surface area contributed by atoms with Crippen LogP contribution in [0.1, 0.15) is 11.3 Å². The van der Waals surface area contributed by atoms with Gasteiger partial charge >= 0.3 is 6.16 Å². The van der Waals surface area contributed by atoms with Crippen molar-refractivity contribution >= 4 is 22.8 Å². The number of nitrogens with zero attached hydrogens (tertiary/aromatic N) is 2. The Morgan fingerprint density at radius 2 is 2.00 bits per heavy atom. The van der Waals surface area contributed by atoms with Crippen molar-refractivity contribution in [3.05, 3.63) is 88.4 Å². The third kappa shape index (κ3) is 3.77. The van der Waals surface area contributed by atoms with Gasteiger partial charge in [0.1, 0.15) is 17.1 Å². The molecule has 29 heavy (non-hydrogen) atoms. The van der Waals surface area contributed by atoms with Crippen LogP contribution in [0.3, 0.4) is 0 Å². The van der Waals surface area contributed by atoms with Gasteiger partial charge in [-0.2, -0.15) is 0 Å². The Labute approximate surface area is 164 Å². The molecule has 0 aliphatic carbocycles. The van der Waals surface area contributed by atoms with Crippen LogP contribution in [0.4, 0.5) is 10.5 Å². The summed E-state index contributed by atoms with van der Waals surface area (Å²) in [5, 5.41) is 21.7. The van der Waals surface area contributed by atoms with Crippen LogP contribution in [0.25, 0.3) is 22.1 Å². The fraction of sp³-hybridized carbons (Fsp3) is 0.0476. The standard InChI is InChI=1S/C21H14N2O6/c24-21(25)29-20-11-17(14-5-3-7-22-12-14)18(23(26)27)10-15(20)9-16-8-13-4-1-2-6-19(13)28-16/h1-8,10-12H,9H2,(H,24,25). The highest BCUT2D eigenvalue weighted by Crippen LogP contribution is 2.37. The zero-order chi connectivity index (χ0) is 20.4.